The summed E-state index contributed by atoms with van der Waals surface area (Å²) in [6.07, 6.45) is 2.14. The van der Waals surface area contributed by atoms with Crippen LogP contribution in [-0.4, -0.2) is 12.8 Å². The number of benzene rings is 1. The SMILES string of the molecule is CCC(CC)Nc1cc2c(cc1Cl)OCO2. The number of rotatable bonds is 4. The second-order valence-corrected chi connectivity index (χ2v) is 4.25. The van der Waals surface area contributed by atoms with E-state index in [4.69, 9.17) is 21.1 Å². The molecule has 3 nitrogen and oxygen atoms in total. The van der Waals surface area contributed by atoms with Crippen LogP contribution < -0.4 is 14.8 Å². The summed E-state index contributed by atoms with van der Waals surface area (Å²) in [4.78, 5) is 0. The van der Waals surface area contributed by atoms with Crippen LogP contribution in [0.25, 0.3) is 0 Å². The smallest absolute Gasteiger partial charge is 0.231 e. The molecule has 0 aromatic heterocycles. The van der Waals surface area contributed by atoms with Crippen molar-refractivity contribution in [3.63, 3.8) is 0 Å². The molecule has 0 bridgehead atoms. The molecule has 0 radical (unpaired) electrons. The first kappa shape index (κ1) is 11.4. The fourth-order valence-corrected chi connectivity index (χ4v) is 1.95. The maximum Gasteiger partial charge on any atom is 0.231 e. The Hall–Kier alpha value is -1.09. The quantitative estimate of drug-likeness (QED) is 0.873. The predicted molar refractivity (Wildman–Crippen MR) is 65.6 cm³/mol. The average molecular weight is 242 g/mol. The first-order chi connectivity index (χ1) is 7.74. The molecule has 0 aliphatic carbocycles. The Morgan fingerprint density at radius 1 is 1.25 bits per heavy atom. The van der Waals surface area contributed by atoms with E-state index in [1.807, 2.05) is 6.07 Å². The predicted octanol–water partition coefficient (Wildman–Crippen LogP) is 3.67. The second kappa shape index (κ2) is 4.83. The third-order valence-corrected chi connectivity index (χ3v) is 3.12. The van der Waals surface area contributed by atoms with Crippen LogP contribution in [-0.2, 0) is 0 Å². The lowest BCUT2D eigenvalue weighted by Gasteiger charge is -2.17. The van der Waals surface area contributed by atoms with Gasteiger partial charge in [0.15, 0.2) is 11.5 Å². The number of ether oxygens (including phenoxy) is 2. The van der Waals surface area contributed by atoms with Gasteiger partial charge in [0.1, 0.15) is 0 Å². The molecule has 0 saturated carbocycles. The minimum absolute atomic E-state index is 0.278. The van der Waals surface area contributed by atoms with Crippen LogP contribution in [0.15, 0.2) is 12.1 Å². The van der Waals surface area contributed by atoms with E-state index in [2.05, 4.69) is 19.2 Å². The summed E-state index contributed by atoms with van der Waals surface area (Å²) in [6.45, 7) is 4.59. The first-order valence-corrected chi connectivity index (χ1v) is 5.98. The molecule has 1 N–H and O–H groups in total. The lowest BCUT2D eigenvalue weighted by Crippen LogP contribution is -2.17. The fourth-order valence-electron chi connectivity index (χ4n) is 1.74. The standard InChI is InChI=1S/C12H16ClNO2/c1-3-8(4-2)14-10-6-12-11(5-9(10)13)15-7-16-12/h5-6,8,14H,3-4,7H2,1-2H3. The van der Waals surface area contributed by atoms with Crippen LogP contribution in [0, 0.1) is 0 Å². The van der Waals surface area contributed by atoms with Gasteiger partial charge in [-0.15, -0.1) is 0 Å². The van der Waals surface area contributed by atoms with Crippen molar-refractivity contribution in [2.45, 2.75) is 32.7 Å². The largest absolute Gasteiger partial charge is 0.454 e. The topological polar surface area (TPSA) is 30.5 Å². The first-order valence-electron chi connectivity index (χ1n) is 5.60. The van der Waals surface area contributed by atoms with Crippen molar-refractivity contribution in [3.8, 4) is 11.5 Å². The van der Waals surface area contributed by atoms with Crippen molar-refractivity contribution in [2.75, 3.05) is 12.1 Å². The molecule has 16 heavy (non-hydrogen) atoms. The van der Waals surface area contributed by atoms with E-state index in [-0.39, 0.29) is 6.79 Å². The van der Waals surface area contributed by atoms with Crippen molar-refractivity contribution < 1.29 is 9.47 Å². The summed E-state index contributed by atoms with van der Waals surface area (Å²) >= 11 is 6.17. The van der Waals surface area contributed by atoms with Gasteiger partial charge in [0.05, 0.1) is 10.7 Å². The molecule has 1 heterocycles. The van der Waals surface area contributed by atoms with E-state index in [0.29, 0.717) is 11.1 Å². The normalized spacial score (nSPS) is 13.2. The van der Waals surface area contributed by atoms with Gasteiger partial charge in [-0.2, -0.15) is 0 Å². The number of halogens is 1. The summed E-state index contributed by atoms with van der Waals surface area (Å²) < 4.78 is 10.6. The van der Waals surface area contributed by atoms with Gasteiger partial charge in [-0.1, -0.05) is 25.4 Å². The van der Waals surface area contributed by atoms with E-state index < -0.39 is 0 Å². The second-order valence-electron chi connectivity index (χ2n) is 3.84. The van der Waals surface area contributed by atoms with Crippen LogP contribution in [0.2, 0.25) is 5.02 Å². The molecule has 88 valence electrons. The van der Waals surface area contributed by atoms with E-state index in [0.717, 1.165) is 30.0 Å². The van der Waals surface area contributed by atoms with Crippen LogP contribution in [0.1, 0.15) is 26.7 Å². The molecule has 0 unspecified atom stereocenters. The number of anilines is 1. The zero-order chi connectivity index (χ0) is 11.5. The number of nitrogens with one attached hydrogen (secondary N) is 1. The molecule has 2 rings (SSSR count). The molecule has 1 aliphatic rings. The van der Waals surface area contributed by atoms with Gasteiger partial charge in [-0.25, -0.2) is 0 Å². The Morgan fingerprint density at radius 3 is 2.50 bits per heavy atom. The van der Waals surface area contributed by atoms with Crippen LogP contribution in [0.5, 0.6) is 11.5 Å². The molecule has 1 aliphatic heterocycles. The fraction of sp³-hybridized carbons (Fsp3) is 0.500. The van der Waals surface area contributed by atoms with Crippen LogP contribution in [0.4, 0.5) is 5.69 Å². The van der Waals surface area contributed by atoms with Gasteiger partial charge in [-0.05, 0) is 12.8 Å². The van der Waals surface area contributed by atoms with E-state index in [9.17, 15) is 0 Å². The van der Waals surface area contributed by atoms with Crippen molar-refractivity contribution >= 4 is 17.3 Å². The summed E-state index contributed by atoms with van der Waals surface area (Å²) in [5.41, 5.74) is 0.916. The van der Waals surface area contributed by atoms with Crippen molar-refractivity contribution in [1.82, 2.24) is 0 Å². The number of fused-ring (bicyclic) bond motifs is 1. The summed E-state index contributed by atoms with van der Waals surface area (Å²) in [5, 5.41) is 4.09. The van der Waals surface area contributed by atoms with Gasteiger partial charge in [0.2, 0.25) is 6.79 Å². The van der Waals surface area contributed by atoms with Gasteiger partial charge in [0.25, 0.3) is 0 Å². The zero-order valence-corrected chi connectivity index (χ0v) is 10.3. The highest BCUT2D eigenvalue weighted by atomic mass is 35.5. The van der Waals surface area contributed by atoms with E-state index in [1.165, 1.54) is 0 Å². The van der Waals surface area contributed by atoms with Crippen LogP contribution >= 0.6 is 11.6 Å². The molecular formula is C12H16ClNO2. The Labute approximate surface area is 101 Å². The minimum atomic E-state index is 0.278. The zero-order valence-electron chi connectivity index (χ0n) is 9.55. The van der Waals surface area contributed by atoms with Crippen molar-refractivity contribution in [2.24, 2.45) is 0 Å². The molecule has 0 fully saturated rings. The molecule has 0 amide bonds. The van der Waals surface area contributed by atoms with Crippen molar-refractivity contribution in [1.29, 1.82) is 0 Å². The average Bonchev–Trinajstić information content (AvgIpc) is 2.72. The molecular weight excluding hydrogens is 226 g/mol. The third-order valence-electron chi connectivity index (χ3n) is 2.81. The third kappa shape index (κ3) is 2.19. The molecule has 1 aromatic carbocycles. The Kier molecular flexibility index (Phi) is 3.44. The maximum absolute atomic E-state index is 6.17. The summed E-state index contributed by atoms with van der Waals surface area (Å²) in [5.74, 6) is 1.48. The Balaban J connectivity index is 2.21. The maximum atomic E-state index is 6.17. The number of hydrogen-bond acceptors (Lipinski definition) is 3. The van der Waals surface area contributed by atoms with Gasteiger partial charge < -0.3 is 14.8 Å². The van der Waals surface area contributed by atoms with Crippen molar-refractivity contribution in [3.05, 3.63) is 17.2 Å². The summed E-state index contributed by atoms with van der Waals surface area (Å²) in [7, 11) is 0. The van der Waals surface area contributed by atoms with E-state index in [1.54, 1.807) is 6.07 Å². The van der Waals surface area contributed by atoms with Crippen LogP contribution in [0.3, 0.4) is 0 Å². The molecule has 0 saturated heterocycles. The Morgan fingerprint density at radius 2 is 1.88 bits per heavy atom. The monoisotopic (exact) mass is 241 g/mol. The van der Waals surface area contributed by atoms with Gasteiger partial charge in [0, 0.05) is 18.2 Å². The summed E-state index contributed by atoms with van der Waals surface area (Å²) in [6, 6.07) is 4.15. The Bertz CT molecular complexity index is 378. The van der Waals surface area contributed by atoms with Gasteiger partial charge >= 0.3 is 0 Å². The molecule has 4 heteroatoms. The molecule has 0 atom stereocenters. The molecule has 1 aromatic rings. The molecule has 0 spiro atoms. The highest BCUT2D eigenvalue weighted by Gasteiger charge is 2.17. The lowest BCUT2D eigenvalue weighted by atomic mass is 10.1. The van der Waals surface area contributed by atoms with E-state index >= 15 is 0 Å². The lowest BCUT2D eigenvalue weighted by molar-refractivity contribution is 0.174. The van der Waals surface area contributed by atoms with Gasteiger partial charge in [-0.3, -0.25) is 0 Å². The highest BCUT2D eigenvalue weighted by molar-refractivity contribution is 6.33. The minimum Gasteiger partial charge on any atom is -0.454 e. The number of hydrogen-bond donors (Lipinski definition) is 1. The highest BCUT2D eigenvalue weighted by Crippen LogP contribution is 2.39.